The molecular formula is C31H36F4N2O4. The van der Waals surface area contributed by atoms with E-state index in [1.165, 1.54) is 36.9 Å². The molecule has 2 amide bonds. The number of methoxy groups -OCH3 is 1. The smallest absolute Gasteiger partial charge is 0.416 e. The molecule has 0 radical (unpaired) electrons. The van der Waals surface area contributed by atoms with Crippen LogP contribution >= 0.6 is 0 Å². The predicted molar refractivity (Wildman–Crippen MR) is 148 cm³/mol. The van der Waals surface area contributed by atoms with Gasteiger partial charge in [0.05, 0.1) is 24.4 Å². The van der Waals surface area contributed by atoms with E-state index in [0.29, 0.717) is 29.7 Å². The number of carbonyl (C=O) groups is 2. The number of anilines is 1. The highest BCUT2D eigenvalue weighted by Gasteiger charge is 2.42. The third kappa shape index (κ3) is 6.21. The Morgan fingerprint density at radius 1 is 1.20 bits per heavy atom. The Balaban J connectivity index is 1.75. The summed E-state index contributed by atoms with van der Waals surface area (Å²) in [5, 5.41) is 0. The van der Waals surface area contributed by atoms with Gasteiger partial charge in [-0.25, -0.2) is 9.18 Å². The summed E-state index contributed by atoms with van der Waals surface area (Å²) in [6.45, 7) is 9.12. The lowest BCUT2D eigenvalue weighted by Crippen LogP contribution is -2.35. The Kier molecular flexibility index (Phi) is 8.17. The van der Waals surface area contributed by atoms with Crippen molar-refractivity contribution >= 4 is 23.3 Å². The van der Waals surface area contributed by atoms with E-state index >= 15 is 0 Å². The van der Waals surface area contributed by atoms with Gasteiger partial charge in [0.2, 0.25) is 5.91 Å². The summed E-state index contributed by atoms with van der Waals surface area (Å²) in [4.78, 5) is 27.9. The highest BCUT2D eigenvalue weighted by Crippen LogP contribution is 2.47. The maximum Gasteiger partial charge on any atom is 0.416 e. The van der Waals surface area contributed by atoms with Gasteiger partial charge in [-0.1, -0.05) is 25.5 Å². The van der Waals surface area contributed by atoms with Gasteiger partial charge < -0.3 is 14.4 Å². The number of halogens is 4. The Hall–Kier alpha value is -3.56. The van der Waals surface area contributed by atoms with Gasteiger partial charge in [0.25, 0.3) is 0 Å². The van der Waals surface area contributed by atoms with E-state index in [1.54, 1.807) is 26.0 Å². The third-order valence-electron chi connectivity index (χ3n) is 8.11. The summed E-state index contributed by atoms with van der Waals surface area (Å²) in [6, 6.07) is 6.03. The molecule has 0 unspecified atom stereocenters. The summed E-state index contributed by atoms with van der Waals surface area (Å²) < 4.78 is 66.6. The molecule has 0 N–H and O–H groups in total. The number of hydrogen-bond acceptors (Lipinski definition) is 4. The Bertz CT molecular complexity index is 1400. The average molecular weight is 577 g/mol. The number of ether oxygens (including phenoxy) is 2. The molecule has 0 spiro atoms. The molecule has 10 heteroatoms. The molecule has 1 saturated heterocycles. The van der Waals surface area contributed by atoms with Crippen LogP contribution in [0.5, 0.6) is 5.75 Å². The number of allylic oxidation sites excluding steroid dienone is 1. The fourth-order valence-corrected chi connectivity index (χ4v) is 5.77. The first-order valence-electron chi connectivity index (χ1n) is 13.5. The average Bonchev–Trinajstić information content (AvgIpc) is 3.15. The summed E-state index contributed by atoms with van der Waals surface area (Å²) in [6.07, 6.45) is -3.93. The Morgan fingerprint density at radius 3 is 2.49 bits per heavy atom. The van der Waals surface area contributed by atoms with Crippen LogP contribution in [0.3, 0.4) is 0 Å². The van der Waals surface area contributed by atoms with Crippen molar-refractivity contribution in [3.8, 4) is 5.75 Å². The van der Waals surface area contributed by atoms with Crippen LogP contribution in [0.15, 0.2) is 35.9 Å². The highest BCUT2D eigenvalue weighted by molar-refractivity contribution is 5.92. The van der Waals surface area contributed by atoms with Crippen LogP contribution in [-0.2, 0) is 15.7 Å². The summed E-state index contributed by atoms with van der Waals surface area (Å²) in [5.74, 6) is -0.620. The second-order valence-electron chi connectivity index (χ2n) is 11.8. The largest absolute Gasteiger partial charge is 0.496 e. The van der Waals surface area contributed by atoms with Gasteiger partial charge in [-0.2, -0.15) is 13.2 Å². The van der Waals surface area contributed by atoms with E-state index in [2.05, 4.69) is 13.8 Å². The topological polar surface area (TPSA) is 59.1 Å². The number of rotatable bonds is 6. The molecule has 1 aliphatic heterocycles. The minimum atomic E-state index is -4.52. The molecule has 2 aromatic carbocycles. The number of amides is 2. The zero-order chi connectivity index (χ0) is 30.4. The zero-order valence-electron chi connectivity index (χ0n) is 24.4. The molecule has 0 bridgehead atoms. The maximum atomic E-state index is 15.0. The third-order valence-corrected chi connectivity index (χ3v) is 8.11. The lowest BCUT2D eigenvalue weighted by Gasteiger charge is -2.36. The predicted octanol–water partition coefficient (Wildman–Crippen LogP) is 7.69. The second-order valence-corrected chi connectivity index (χ2v) is 11.8. The normalized spacial score (nSPS) is 20.8. The van der Waals surface area contributed by atoms with Gasteiger partial charge >= 0.3 is 12.3 Å². The van der Waals surface area contributed by atoms with E-state index < -0.39 is 35.8 Å². The quantitative estimate of drug-likeness (QED) is 0.331. The van der Waals surface area contributed by atoms with Gasteiger partial charge in [0, 0.05) is 32.1 Å². The van der Waals surface area contributed by atoms with Crippen LogP contribution < -0.4 is 9.64 Å². The van der Waals surface area contributed by atoms with Gasteiger partial charge in [-0.15, -0.1) is 0 Å². The molecule has 1 heterocycles. The monoisotopic (exact) mass is 576 g/mol. The second kappa shape index (κ2) is 11.0. The van der Waals surface area contributed by atoms with Crippen molar-refractivity contribution in [2.45, 2.75) is 72.2 Å². The molecule has 6 nitrogen and oxygen atoms in total. The number of alkyl halides is 3. The minimum Gasteiger partial charge on any atom is -0.496 e. The maximum absolute atomic E-state index is 15.0. The zero-order valence-corrected chi connectivity index (χ0v) is 24.4. The SMILES string of the molecule is COc1cc(F)c(N(C)C(C)=O)cc1C1=C(CN2C(=O)O[C@H](c3cc(C)cc(C(F)(F)F)c3)[C@@H]2C)CC(C)(C)CC1. The summed E-state index contributed by atoms with van der Waals surface area (Å²) in [5.41, 5.74) is 2.39. The van der Waals surface area contributed by atoms with Crippen LogP contribution in [0.4, 0.5) is 28.0 Å². The minimum absolute atomic E-state index is 0.0878. The van der Waals surface area contributed by atoms with Gasteiger partial charge in [-0.3, -0.25) is 9.69 Å². The van der Waals surface area contributed by atoms with E-state index in [0.717, 1.165) is 29.7 Å². The molecule has 2 aliphatic rings. The Labute approximate surface area is 237 Å². The van der Waals surface area contributed by atoms with Gasteiger partial charge in [-0.05, 0) is 73.4 Å². The first-order chi connectivity index (χ1) is 19.0. The lowest BCUT2D eigenvalue weighted by molar-refractivity contribution is -0.137. The molecule has 222 valence electrons. The number of hydrogen-bond donors (Lipinski definition) is 0. The molecule has 41 heavy (non-hydrogen) atoms. The van der Waals surface area contributed by atoms with Crippen molar-refractivity contribution in [3.05, 3.63) is 64.0 Å². The molecule has 2 atom stereocenters. The van der Waals surface area contributed by atoms with E-state index in [4.69, 9.17) is 9.47 Å². The van der Waals surface area contributed by atoms with Crippen molar-refractivity contribution in [2.75, 3.05) is 25.6 Å². The number of carbonyl (C=O) groups excluding carboxylic acids is 2. The van der Waals surface area contributed by atoms with Crippen LogP contribution in [0.25, 0.3) is 5.57 Å². The van der Waals surface area contributed by atoms with E-state index in [1.807, 2.05) is 0 Å². The first kappa shape index (κ1) is 30.4. The fourth-order valence-electron chi connectivity index (χ4n) is 5.77. The highest BCUT2D eigenvalue weighted by atomic mass is 19.4. The van der Waals surface area contributed by atoms with Crippen LogP contribution in [-0.4, -0.2) is 43.6 Å². The molecule has 0 aromatic heterocycles. The molecule has 4 rings (SSSR count). The van der Waals surface area contributed by atoms with Crippen molar-refractivity contribution in [1.82, 2.24) is 4.90 Å². The van der Waals surface area contributed by atoms with Crippen molar-refractivity contribution < 1.29 is 36.6 Å². The van der Waals surface area contributed by atoms with Crippen LogP contribution in [0.1, 0.15) is 75.3 Å². The summed E-state index contributed by atoms with van der Waals surface area (Å²) >= 11 is 0. The molecule has 2 aromatic rings. The number of cyclic esters (lactones) is 1. The Morgan fingerprint density at radius 2 is 1.88 bits per heavy atom. The number of benzene rings is 2. The molecule has 0 saturated carbocycles. The summed E-state index contributed by atoms with van der Waals surface area (Å²) in [7, 11) is 2.94. The van der Waals surface area contributed by atoms with Crippen molar-refractivity contribution in [1.29, 1.82) is 0 Å². The lowest BCUT2D eigenvalue weighted by atomic mass is 9.72. The van der Waals surface area contributed by atoms with Crippen LogP contribution in [0, 0.1) is 18.2 Å². The van der Waals surface area contributed by atoms with Crippen LogP contribution in [0.2, 0.25) is 0 Å². The number of nitrogens with zero attached hydrogens (tertiary/aromatic N) is 2. The van der Waals surface area contributed by atoms with E-state index in [9.17, 15) is 27.2 Å². The number of aryl methyl sites for hydroxylation is 1. The van der Waals surface area contributed by atoms with Crippen molar-refractivity contribution in [3.63, 3.8) is 0 Å². The fraction of sp³-hybridized carbons (Fsp3) is 0.484. The standard InChI is InChI=1S/C31H36F4N2O4/c1-17-10-20(12-22(11-17)31(33,34)35)28-18(2)37(29(39)41-28)16-21-15-30(4,5)9-8-23(21)24-13-26(36(6)19(3)38)25(32)14-27(24)40-7/h10-14,18,28H,8-9,15-16H2,1-7H3/t18-,28-/m0/s1. The molecule has 1 fully saturated rings. The van der Waals surface area contributed by atoms with Gasteiger partial charge in [0.15, 0.2) is 5.82 Å². The van der Waals surface area contributed by atoms with Crippen molar-refractivity contribution in [2.24, 2.45) is 5.41 Å². The molecule has 1 aliphatic carbocycles. The van der Waals surface area contributed by atoms with Gasteiger partial charge in [0.1, 0.15) is 11.9 Å². The van der Waals surface area contributed by atoms with E-state index in [-0.39, 0.29) is 29.1 Å². The molecular weight excluding hydrogens is 540 g/mol. The first-order valence-corrected chi connectivity index (χ1v) is 13.5.